The third-order valence-electron chi connectivity index (χ3n) is 3.19. The number of aliphatic carboxylic acids is 1. The molecule has 0 saturated heterocycles. The quantitative estimate of drug-likeness (QED) is 0.908. The van der Waals surface area contributed by atoms with E-state index >= 15 is 0 Å². The molecule has 1 N–H and O–H groups in total. The van der Waals surface area contributed by atoms with Crippen LogP contribution in [0, 0.1) is 0 Å². The predicted octanol–water partition coefficient (Wildman–Crippen LogP) is 2.38. The van der Waals surface area contributed by atoms with Gasteiger partial charge in [0.25, 0.3) is 5.56 Å². The number of rotatable bonds is 5. The van der Waals surface area contributed by atoms with Gasteiger partial charge in [0.2, 0.25) is 0 Å². The number of hydrogen-bond acceptors (Lipinski definition) is 3. The molecule has 0 saturated carbocycles. The molecule has 2 aromatic rings. The standard InChI is InChI=1S/C15H18N2O3/c1-10(2)17-13(8-5-9-14(18)19)16-12-7-4-3-6-11(12)15(17)20/h3-4,6-7,10H,5,8-9H2,1-2H3,(H,18,19). The first-order valence-electron chi connectivity index (χ1n) is 6.72. The fourth-order valence-electron chi connectivity index (χ4n) is 2.30. The van der Waals surface area contributed by atoms with E-state index in [0.717, 1.165) is 0 Å². The van der Waals surface area contributed by atoms with Crippen LogP contribution in [0.2, 0.25) is 0 Å². The molecule has 0 aliphatic rings. The van der Waals surface area contributed by atoms with Crippen LogP contribution in [0.5, 0.6) is 0 Å². The van der Waals surface area contributed by atoms with Crippen molar-refractivity contribution in [2.75, 3.05) is 0 Å². The molecule has 5 nitrogen and oxygen atoms in total. The number of aryl methyl sites for hydroxylation is 1. The molecule has 0 aliphatic carbocycles. The van der Waals surface area contributed by atoms with E-state index in [-0.39, 0.29) is 18.0 Å². The summed E-state index contributed by atoms with van der Waals surface area (Å²) in [6.07, 6.45) is 1.05. The van der Waals surface area contributed by atoms with Crippen LogP contribution in [0.4, 0.5) is 0 Å². The van der Waals surface area contributed by atoms with Gasteiger partial charge >= 0.3 is 5.97 Å². The third kappa shape index (κ3) is 2.87. The second-order valence-electron chi connectivity index (χ2n) is 5.06. The number of benzene rings is 1. The molecule has 0 bridgehead atoms. The largest absolute Gasteiger partial charge is 0.481 e. The van der Waals surface area contributed by atoms with Gasteiger partial charge in [-0.3, -0.25) is 14.2 Å². The van der Waals surface area contributed by atoms with Crippen molar-refractivity contribution in [3.63, 3.8) is 0 Å². The number of carboxylic acid groups (broad SMARTS) is 1. The Balaban J connectivity index is 2.48. The summed E-state index contributed by atoms with van der Waals surface area (Å²) in [5.41, 5.74) is 0.607. The number of fused-ring (bicyclic) bond motifs is 1. The van der Waals surface area contributed by atoms with Crippen molar-refractivity contribution in [1.29, 1.82) is 0 Å². The van der Waals surface area contributed by atoms with Crippen molar-refractivity contribution in [3.8, 4) is 0 Å². The average molecular weight is 274 g/mol. The lowest BCUT2D eigenvalue weighted by atomic mass is 10.2. The van der Waals surface area contributed by atoms with Crippen LogP contribution >= 0.6 is 0 Å². The Morgan fingerprint density at radius 2 is 2.05 bits per heavy atom. The number of nitrogens with zero attached hydrogens (tertiary/aromatic N) is 2. The molecule has 1 aromatic heterocycles. The summed E-state index contributed by atoms with van der Waals surface area (Å²) in [5, 5.41) is 9.31. The molecule has 20 heavy (non-hydrogen) atoms. The highest BCUT2D eigenvalue weighted by molar-refractivity contribution is 5.77. The van der Waals surface area contributed by atoms with Gasteiger partial charge in [0.1, 0.15) is 5.82 Å². The van der Waals surface area contributed by atoms with Crippen molar-refractivity contribution < 1.29 is 9.90 Å². The molecule has 0 fully saturated rings. The van der Waals surface area contributed by atoms with Crippen LogP contribution in [0.15, 0.2) is 29.1 Å². The molecule has 0 unspecified atom stereocenters. The molecule has 106 valence electrons. The highest BCUT2D eigenvalue weighted by atomic mass is 16.4. The summed E-state index contributed by atoms with van der Waals surface area (Å²) in [6.45, 7) is 3.86. The summed E-state index contributed by atoms with van der Waals surface area (Å²) >= 11 is 0. The summed E-state index contributed by atoms with van der Waals surface area (Å²) in [7, 11) is 0. The van der Waals surface area contributed by atoms with Crippen LogP contribution in [0.1, 0.15) is 38.6 Å². The molecule has 1 heterocycles. The lowest BCUT2D eigenvalue weighted by Gasteiger charge is -2.16. The van der Waals surface area contributed by atoms with Gasteiger partial charge in [0.05, 0.1) is 10.9 Å². The molecule has 0 spiro atoms. The number of aromatic nitrogens is 2. The van der Waals surface area contributed by atoms with Crippen molar-refractivity contribution in [2.24, 2.45) is 0 Å². The van der Waals surface area contributed by atoms with Gasteiger partial charge < -0.3 is 5.11 Å². The Bertz CT molecular complexity index is 689. The van der Waals surface area contributed by atoms with Crippen molar-refractivity contribution >= 4 is 16.9 Å². The van der Waals surface area contributed by atoms with E-state index in [9.17, 15) is 9.59 Å². The van der Waals surface area contributed by atoms with Crippen molar-refractivity contribution in [3.05, 3.63) is 40.4 Å². The molecule has 2 rings (SSSR count). The van der Waals surface area contributed by atoms with Gasteiger partial charge in [-0.25, -0.2) is 4.98 Å². The second-order valence-corrected chi connectivity index (χ2v) is 5.06. The summed E-state index contributed by atoms with van der Waals surface area (Å²) in [4.78, 5) is 27.6. The molecule has 5 heteroatoms. The molecular formula is C15H18N2O3. The molecule has 0 atom stereocenters. The summed E-state index contributed by atoms with van der Waals surface area (Å²) < 4.78 is 1.66. The van der Waals surface area contributed by atoms with Crippen LogP contribution < -0.4 is 5.56 Å². The number of para-hydroxylation sites is 1. The second kappa shape index (κ2) is 5.86. The van der Waals surface area contributed by atoms with Crippen molar-refractivity contribution in [1.82, 2.24) is 9.55 Å². The summed E-state index contributed by atoms with van der Waals surface area (Å²) in [5.74, 6) is -0.172. The Kier molecular flexibility index (Phi) is 4.17. The maximum Gasteiger partial charge on any atom is 0.303 e. The highest BCUT2D eigenvalue weighted by Crippen LogP contribution is 2.13. The zero-order chi connectivity index (χ0) is 14.7. The van der Waals surface area contributed by atoms with Gasteiger partial charge in [0, 0.05) is 18.9 Å². The Labute approximate surface area is 116 Å². The molecule has 1 aromatic carbocycles. The fourth-order valence-corrected chi connectivity index (χ4v) is 2.30. The zero-order valence-electron chi connectivity index (χ0n) is 11.7. The first-order chi connectivity index (χ1) is 9.50. The summed E-state index contributed by atoms with van der Waals surface area (Å²) in [6, 6.07) is 7.24. The minimum Gasteiger partial charge on any atom is -0.481 e. The number of carboxylic acids is 1. The SMILES string of the molecule is CC(C)n1c(CCCC(=O)O)nc2ccccc2c1=O. The van der Waals surface area contributed by atoms with Gasteiger partial charge in [-0.1, -0.05) is 12.1 Å². The van der Waals surface area contributed by atoms with Crippen LogP contribution in [0.25, 0.3) is 10.9 Å². The van der Waals surface area contributed by atoms with E-state index in [1.54, 1.807) is 10.6 Å². The lowest BCUT2D eigenvalue weighted by Crippen LogP contribution is -2.27. The van der Waals surface area contributed by atoms with Gasteiger partial charge in [-0.2, -0.15) is 0 Å². The fraction of sp³-hybridized carbons (Fsp3) is 0.400. The molecular weight excluding hydrogens is 256 g/mol. The average Bonchev–Trinajstić information content (AvgIpc) is 2.38. The molecule has 0 aliphatic heterocycles. The first kappa shape index (κ1) is 14.2. The zero-order valence-corrected chi connectivity index (χ0v) is 11.7. The maximum absolute atomic E-state index is 12.5. The predicted molar refractivity (Wildman–Crippen MR) is 77.0 cm³/mol. The van der Waals surface area contributed by atoms with Crippen molar-refractivity contribution in [2.45, 2.75) is 39.2 Å². The van der Waals surface area contributed by atoms with Crippen LogP contribution in [-0.2, 0) is 11.2 Å². The highest BCUT2D eigenvalue weighted by Gasteiger charge is 2.13. The van der Waals surface area contributed by atoms with E-state index in [2.05, 4.69) is 4.98 Å². The lowest BCUT2D eigenvalue weighted by molar-refractivity contribution is -0.137. The molecule has 0 radical (unpaired) electrons. The minimum absolute atomic E-state index is 0.000524. The van der Waals surface area contributed by atoms with E-state index < -0.39 is 5.97 Å². The van der Waals surface area contributed by atoms with Gasteiger partial charge in [-0.15, -0.1) is 0 Å². The first-order valence-corrected chi connectivity index (χ1v) is 6.72. The smallest absolute Gasteiger partial charge is 0.303 e. The van der Waals surface area contributed by atoms with E-state index in [1.807, 2.05) is 32.0 Å². The minimum atomic E-state index is -0.829. The number of hydrogen-bond donors (Lipinski definition) is 1. The van der Waals surface area contributed by atoms with Gasteiger partial charge in [0.15, 0.2) is 0 Å². The third-order valence-corrected chi connectivity index (χ3v) is 3.19. The Morgan fingerprint density at radius 3 is 2.70 bits per heavy atom. The van der Waals surface area contributed by atoms with E-state index in [1.165, 1.54) is 0 Å². The maximum atomic E-state index is 12.5. The Hall–Kier alpha value is -2.17. The topological polar surface area (TPSA) is 72.2 Å². The van der Waals surface area contributed by atoms with Gasteiger partial charge in [-0.05, 0) is 32.4 Å². The van der Waals surface area contributed by atoms with E-state index in [4.69, 9.17) is 5.11 Å². The van der Waals surface area contributed by atoms with Crippen LogP contribution in [0.3, 0.4) is 0 Å². The monoisotopic (exact) mass is 274 g/mol. The van der Waals surface area contributed by atoms with Crippen LogP contribution in [-0.4, -0.2) is 20.6 Å². The number of carbonyl (C=O) groups is 1. The van der Waals surface area contributed by atoms with E-state index in [0.29, 0.717) is 29.6 Å². The molecule has 0 amide bonds. The Morgan fingerprint density at radius 1 is 1.35 bits per heavy atom. The normalized spacial score (nSPS) is 11.2.